The Balaban J connectivity index is 2.69. The molecule has 0 aliphatic carbocycles. The zero-order valence-electron chi connectivity index (χ0n) is 11.3. The van der Waals surface area contributed by atoms with Gasteiger partial charge in [-0.15, -0.1) is 0 Å². The maximum atomic E-state index is 11.0. The smallest absolute Gasteiger partial charge is 0.248 e. The molecule has 0 radical (unpaired) electrons. The highest BCUT2D eigenvalue weighted by Gasteiger charge is 2.13. The summed E-state index contributed by atoms with van der Waals surface area (Å²) in [5, 5.41) is 12.9. The van der Waals surface area contributed by atoms with Gasteiger partial charge in [0.05, 0.1) is 0 Å². The normalized spacial score (nSPS) is 12.7. The second-order valence-electron chi connectivity index (χ2n) is 4.91. The van der Waals surface area contributed by atoms with Gasteiger partial charge in [0.25, 0.3) is 0 Å². The molecular formula is C14H21ClN2O2. The lowest BCUT2D eigenvalue weighted by Crippen LogP contribution is -2.34. The van der Waals surface area contributed by atoms with Crippen LogP contribution in [0.25, 0.3) is 0 Å². The van der Waals surface area contributed by atoms with Crippen LogP contribution in [0.5, 0.6) is 0 Å². The van der Waals surface area contributed by atoms with E-state index in [0.29, 0.717) is 29.5 Å². The first-order valence-corrected chi connectivity index (χ1v) is 6.76. The summed E-state index contributed by atoms with van der Waals surface area (Å²) in [6.07, 6.45) is 0.703. The highest BCUT2D eigenvalue weighted by Crippen LogP contribution is 2.18. The van der Waals surface area contributed by atoms with Crippen LogP contribution in [0.4, 0.5) is 0 Å². The minimum absolute atomic E-state index is 0.157. The summed E-state index contributed by atoms with van der Waals surface area (Å²) >= 11 is 6.12. The SMILES string of the molecule is CC(C)C(CCO)NCc1ccc(C(N)=O)cc1Cl. The summed E-state index contributed by atoms with van der Waals surface area (Å²) in [6, 6.07) is 5.28. The molecule has 0 saturated heterocycles. The van der Waals surface area contributed by atoms with Crippen LogP contribution in [-0.2, 0) is 6.54 Å². The summed E-state index contributed by atoms with van der Waals surface area (Å²) in [7, 11) is 0. The summed E-state index contributed by atoms with van der Waals surface area (Å²) in [5.74, 6) is -0.0578. The third-order valence-corrected chi connectivity index (χ3v) is 3.49. The van der Waals surface area contributed by atoms with Crippen LogP contribution >= 0.6 is 11.6 Å². The number of benzene rings is 1. The Labute approximate surface area is 118 Å². The maximum absolute atomic E-state index is 11.0. The Morgan fingerprint density at radius 2 is 2.16 bits per heavy atom. The standard InChI is InChI=1S/C14H21ClN2O2/c1-9(2)13(5-6-18)17-8-11-4-3-10(14(16)19)7-12(11)15/h3-4,7,9,13,17-18H,5-6,8H2,1-2H3,(H2,16,19). The minimum Gasteiger partial charge on any atom is -0.396 e. The summed E-state index contributed by atoms with van der Waals surface area (Å²) < 4.78 is 0. The summed E-state index contributed by atoms with van der Waals surface area (Å²) in [4.78, 5) is 11.0. The number of rotatable bonds is 7. The highest BCUT2D eigenvalue weighted by atomic mass is 35.5. The fourth-order valence-electron chi connectivity index (χ4n) is 1.90. The van der Waals surface area contributed by atoms with E-state index in [-0.39, 0.29) is 12.6 Å². The molecule has 0 saturated carbocycles. The van der Waals surface area contributed by atoms with Crippen LogP contribution < -0.4 is 11.1 Å². The lowest BCUT2D eigenvalue weighted by atomic mass is 10.0. The van der Waals surface area contributed by atoms with Crippen LogP contribution in [-0.4, -0.2) is 23.7 Å². The van der Waals surface area contributed by atoms with Gasteiger partial charge in [0.1, 0.15) is 0 Å². The van der Waals surface area contributed by atoms with Gasteiger partial charge in [-0.3, -0.25) is 4.79 Å². The van der Waals surface area contributed by atoms with E-state index >= 15 is 0 Å². The van der Waals surface area contributed by atoms with E-state index in [9.17, 15) is 4.79 Å². The molecule has 0 bridgehead atoms. The Morgan fingerprint density at radius 1 is 1.47 bits per heavy atom. The molecule has 1 aromatic rings. The molecule has 1 amide bonds. The summed E-state index contributed by atoms with van der Waals surface area (Å²) in [6.45, 7) is 4.96. The Hall–Kier alpha value is -1.10. The largest absolute Gasteiger partial charge is 0.396 e. The third-order valence-electron chi connectivity index (χ3n) is 3.14. The van der Waals surface area contributed by atoms with Crippen molar-refractivity contribution in [2.24, 2.45) is 11.7 Å². The van der Waals surface area contributed by atoms with Crippen LogP contribution in [0.3, 0.4) is 0 Å². The van der Waals surface area contributed by atoms with Crippen molar-refractivity contribution in [3.8, 4) is 0 Å². The third kappa shape index (κ3) is 4.82. The van der Waals surface area contributed by atoms with Gasteiger partial charge >= 0.3 is 0 Å². The molecule has 19 heavy (non-hydrogen) atoms. The number of nitrogens with two attached hydrogens (primary N) is 1. The zero-order valence-corrected chi connectivity index (χ0v) is 12.1. The Bertz CT molecular complexity index is 435. The van der Waals surface area contributed by atoms with Crippen LogP contribution in [0.2, 0.25) is 5.02 Å². The maximum Gasteiger partial charge on any atom is 0.248 e. The average Bonchev–Trinajstić information content (AvgIpc) is 2.35. The van der Waals surface area contributed by atoms with E-state index in [1.807, 2.05) is 0 Å². The van der Waals surface area contributed by atoms with Crippen molar-refractivity contribution < 1.29 is 9.90 Å². The van der Waals surface area contributed by atoms with E-state index in [1.165, 1.54) is 0 Å². The lowest BCUT2D eigenvalue weighted by Gasteiger charge is -2.22. The Morgan fingerprint density at radius 3 is 2.63 bits per heavy atom. The molecule has 0 aromatic heterocycles. The van der Waals surface area contributed by atoms with Gasteiger partial charge in [0, 0.05) is 29.8 Å². The van der Waals surface area contributed by atoms with Crippen molar-refractivity contribution in [2.45, 2.75) is 32.9 Å². The van der Waals surface area contributed by atoms with E-state index in [0.717, 1.165) is 5.56 Å². The molecule has 1 rings (SSSR count). The van der Waals surface area contributed by atoms with Gasteiger partial charge in [-0.05, 0) is 30.0 Å². The molecule has 0 heterocycles. The van der Waals surface area contributed by atoms with Gasteiger partial charge in [0.2, 0.25) is 5.91 Å². The van der Waals surface area contributed by atoms with Crippen molar-refractivity contribution in [1.29, 1.82) is 0 Å². The number of hydrogen-bond donors (Lipinski definition) is 3. The molecular weight excluding hydrogens is 264 g/mol. The quantitative estimate of drug-likeness (QED) is 0.716. The molecule has 0 spiro atoms. The number of carbonyl (C=O) groups excluding carboxylic acids is 1. The van der Waals surface area contributed by atoms with E-state index < -0.39 is 5.91 Å². The average molecular weight is 285 g/mol. The molecule has 5 heteroatoms. The molecule has 0 aliphatic rings. The van der Waals surface area contributed by atoms with E-state index in [4.69, 9.17) is 22.4 Å². The molecule has 0 aliphatic heterocycles. The van der Waals surface area contributed by atoms with Crippen LogP contribution in [0, 0.1) is 5.92 Å². The van der Waals surface area contributed by atoms with Crippen molar-refractivity contribution in [2.75, 3.05) is 6.61 Å². The van der Waals surface area contributed by atoms with E-state index in [1.54, 1.807) is 18.2 Å². The number of aliphatic hydroxyl groups is 1. The van der Waals surface area contributed by atoms with Crippen molar-refractivity contribution in [3.63, 3.8) is 0 Å². The van der Waals surface area contributed by atoms with E-state index in [2.05, 4.69) is 19.2 Å². The first-order chi connectivity index (χ1) is 8.95. The number of nitrogens with one attached hydrogen (secondary N) is 1. The summed E-state index contributed by atoms with van der Waals surface area (Å²) in [5.41, 5.74) is 6.51. The van der Waals surface area contributed by atoms with Gasteiger partial charge in [-0.25, -0.2) is 0 Å². The number of amides is 1. The minimum atomic E-state index is -0.484. The number of primary amides is 1. The predicted molar refractivity (Wildman–Crippen MR) is 77.1 cm³/mol. The van der Waals surface area contributed by atoms with Crippen molar-refractivity contribution >= 4 is 17.5 Å². The van der Waals surface area contributed by atoms with Gasteiger partial charge in [0.15, 0.2) is 0 Å². The monoisotopic (exact) mass is 284 g/mol. The van der Waals surface area contributed by atoms with Gasteiger partial charge in [-0.2, -0.15) is 0 Å². The molecule has 4 N–H and O–H groups in total. The van der Waals surface area contributed by atoms with Gasteiger partial charge in [-0.1, -0.05) is 31.5 Å². The van der Waals surface area contributed by atoms with Crippen molar-refractivity contribution in [1.82, 2.24) is 5.32 Å². The second kappa shape index (κ2) is 7.48. The fourth-order valence-corrected chi connectivity index (χ4v) is 2.14. The number of hydrogen-bond acceptors (Lipinski definition) is 3. The number of halogens is 1. The number of aliphatic hydroxyl groups excluding tert-OH is 1. The first kappa shape index (κ1) is 16.0. The Kier molecular flexibility index (Phi) is 6.28. The predicted octanol–water partition coefficient (Wildman–Crippen LogP) is 1.94. The molecule has 1 unspecified atom stereocenters. The lowest BCUT2D eigenvalue weighted by molar-refractivity contribution is 0.100. The second-order valence-corrected chi connectivity index (χ2v) is 5.32. The van der Waals surface area contributed by atoms with Crippen LogP contribution in [0.15, 0.2) is 18.2 Å². The molecule has 4 nitrogen and oxygen atoms in total. The zero-order chi connectivity index (χ0) is 14.4. The molecule has 1 atom stereocenters. The fraction of sp³-hybridized carbons (Fsp3) is 0.500. The molecule has 0 fully saturated rings. The number of carbonyl (C=O) groups is 1. The van der Waals surface area contributed by atoms with Gasteiger partial charge < -0.3 is 16.2 Å². The highest BCUT2D eigenvalue weighted by molar-refractivity contribution is 6.31. The van der Waals surface area contributed by atoms with Crippen LogP contribution in [0.1, 0.15) is 36.2 Å². The van der Waals surface area contributed by atoms with Crippen molar-refractivity contribution in [3.05, 3.63) is 34.3 Å². The first-order valence-electron chi connectivity index (χ1n) is 6.38. The topological polar surface area (TPSA) is 75.3 Å². The molecule has 106 valence electrons. The molecule has 1 aromatic carbocycles.